The summed E-state index contributed by atoms with van der Waals surface area (Å²) in [6.45, 7) is 15.8. The van der Waals surface area contributed by atoms with E-state index in [2.05, 4.69) is 11.9 Å². The highest BCUT2D eigenvalue weighted by Crippen LogP contribution is 2.29. The zero-order valence-electron chi connectivity index (χ0n) is 18.2. The lowest BCUT2D eigenvalue weighted by Gasteiger charge is -2.29. The first kappa shape index (κ1) is 23.7. The summed E-state index contributed by atoms with van der Waals surface area (Å²) in [4.78, 5) is 24.5. The van der Waals surface area contributed by atoms with Crippen molar-refractivity contribution in [1.29, 1.82) is 0 Å². The van der Waals surface area contributed by atoms with Crippen LogP contribution in [0.5, 0.6) is 0 Å². The second-order valence-corrected chi connectivity index (χ2v) is 8.01. The van der Waals surface area contributed by atoms with Gasteiger partial charge in [-0.1, -0.05) is 56.7 Å². The molecule has 0 heterocycles. The van der Waals surface area contributed by atoms with Crippen LogP contribution in [-0.4, -0.2) is 25.3 Å². The van der Waals surface area contributed by atoms with E-state index in [9.17, 15) is 9.59 Å². The molecule has 0 aliphatic heterocycles. The quantitative estimate of drug-likeness (QED) is 0.427. The summed E-state index contributed by atoms with van der Waals surface area (Å²) in [5.41, 5.74) is 1.77. The molecule has 1 unspecified atom stereocenters. The van der Waals surface area contributed by atoms with E-state index >= 15 is 0 Å². The van der Waals surface area contributed by atoms with E-state index in [-0.39, 0.29) is 19.2 Å². The molecule has 0 aliphatic rings. The van der Waals surface area contributed by atoms with Crippen molar-refractivity contribution in [2.24, 2.45) is 5.41 Å². The van der Waals surface area contributed by atoms with Crippen molar-refractivity contribution in [2.75, 3.05) is 13.2 Å². The molecule has 1 atom stereocenters. The molecule has 1 aromatic carbocycles. The van der Waals surface area contributed by atoms with Gasteiger partial charge in [0.05, 0.1) is 11.0 Å². The maximum absolute atomic E-state index is 12.3. The fourth-order valence-corrected chi connectivity index (χ4v) is 3.18. The Bertz CT molecular complexity index is 696. The Morgan fingerprint density at radius 3 is 2.25 bits per heavy atom. The number of nitrogens with one attached hydrogen (secondary N) is 1. The first-order valence-electron chi connectivity index (χ1n) is 9.95. The van der Waals surface area contributed by atoms with E-state index in [0.29, 0.717) is 0 Å². The number of hydrogen-bond acceptors (Lipinski definition) is 4. The molecular formula is C23H35NO4. The Balaban J connectivity index is 2.57. The molecule has 0 saturated carbocycles. The predicted octanol–water partition coefficient (Wildman–Crippen LogP) is 5.44. The largest absolute Gasteiger partial charge is 0.462 e. The van der Waals surface area contributed by atoms with Crippen LogP contribution in [0.25, 0.3) is 5.57 Å². The van der Waals surface area contributed by atoms with Crippen molar-refractivity contribution in [3.8, 4) is 0 Å². The first-order valence-corrected chi connectivity index (χ1v) is 9.95. The minimum absolute atomic E-state index is 0.0156. The molecule has 1 N–H and O–H groups in total. The van der Waals surface area contributed by atoms with Crippen molar-refractivity contribution in [2.45, 2.75) is 66.3 Å². The lowest BCUT2D eigenvalue weighted by molar-refractivity contribution is -0.156. The average Bonchev–Trinajstić information content (AvgIpc) is 2.64. The summed E-state index contributed by atoms with van der Waals surface area (Å²) < 4.78 is 10.5. The van der Waals surface area contributed by atoms with Crippen LogP contribution in [-0.2, 0) is 19.8 Å². The highest BCUT2D eigenvalue weighted by Gasteiger charge is 2.32. The molecule has 0 bridgehead atoms. The smallest absolute Gasteiger partial charge is 0.407 e. The van der Waals surface area contributed by atoms with Crippen LogP contribution < -0.4 is 5.32 Å². The Morgan fingerprint density at radius 1 is 1.07 bits per heavy atom. The predicted molar refractivity (Wildman–Crippen MR) is 113 cm³/mol. The minimum atomic E-state index is -0.634. The van der Waals surface area contributed by atoms with Crippen LogP contribution >= 0.6 is 0 Å². The van der Waals surface area contributed by atoms with Gasteiger partial charge < -0.3 is 14.8 Å². The molecule has 0 saturated heterocycles. The third-order valence-corrected chi connectivity index (χ3v) is 5.10. The van der Waals surface area contributed by atoms with Gasteiger partial charge >= 0.3 is 12.1 Å². The van der Waals surface area contributed by atoms with E-state index in [0.717, 1.165) is 36.0 Å². The monoisotopic (exact) mass is 389 g/mol. The van der Waals surface area contributed by atoms with Crippen molar-refractivity contribution < 1.29 is 19.1 Å². The highest BCUT2D eigenvalue weighted by molar-refractivity contribution is 5.76. The van der Waals surface area contributed by atoms with Crippen LogP contribution in [0, 0.1) is 5.41 Å². The van der Waals surface area contributed by atoms with Gasteiger partial charge in [0, 0.05) is 0 Å². The van der Waals surface area contributed by atoms with Crippen LogP contribution in [0.4, 0.5) is 4.79 Å². The maximum Gasteiger partial charge on any atom is 0.407 e. The molecule has 0 spiro atoms. The van der Waals surface area contributed by atoms with Crippen molar-refractivity contribution in [3.05, 3.63) is 42.0 Å². The molecule has 0 aromatic heterocycles. The number of rotatable bonds is 10. The van der Waals surface area contributed by atoms with Gasteiger partial charge in [-0.25, -0.2) is 4.79 Å². The number of ether oxygens (including phenoxy) is 2. The molecular weight excluding hydrogens is 354 g/mol. The summed E-state index contributed by atoms with van der Waals surface area (Å²) in [7, 11) is 0. The number of allylic oxidation sites excluding steroid dienone is 1. The van der Waals surface area contributed by atoms with Crippen molar-refractivity contribution in [3.63, 3.8) is 0 Å². The second kappa shape index (κ2) is 10.3. The molecule has 1 aromatic rings. The van der Waals surface area contributed by atoms with Crippen molar-refractivity contribution >= 4 is 17.6 Å². The molecule has 5 nitrogen and oxygen atoms in total. The summed E-state index contributed by atoms with van der Waals surface area (Å²) in [6.07, 6.45) is 1.86. The zero-order chi connectivity index (χ0) is 21.4. The fourth-order valence-electron chi connectivity index (χ4n) is 3.18. The van der Waals surface area contributed by atoms with Gasteiger partial charge in [-0.05, 0) is 51.7 Å². The Hall–Kier alpha value is -2.30. The number of amides is 1. The molecule has 28 heavy (non-hydrogen) atoms. The Labute approximate surface area is 169 Å². The van der Waals surface area contributed by atoms with Gasteiger partial charge in [0.2, 0.25) is 0 Å². The highest BCUT2D eigenvalue weighted by atomic mass is 16.6. The minimum Gasteiger partial charge on any atom is -0.462 e. The van der Waals surface area contributed by atoms with Gasteiger partial charge in [0.15, 0.2) is 0 Å². The molecule has 1 rings (SSSR count). The van der Waals surface area contributed by atoms with Gasteiger partial charge in [-0.2, -0.15) is 0 Å². The van der Waals surface area contributed by atoms with Crippen LogP contribution in [0.1, 0.15) is 71.9 Å². The van der Waals surface area contributed by atoms with Crippen LogP contribution in [0.2, 0.25) is 0 Å². The Morgan fingerprint density at radius 2 is 1.68 bits per heavy atom. The number of carbonyl (C=O) groups is 2. The molecule has 0 aliphatic carbocycles. The van der Waals surface area contributed by atoms with Gasteiger partial charge in [0.1, 0.15) is 13.2 Å². The normalized spacial score (nSPS) is 13.4. The number of alkyl carbamates (subject to hydrolysis) is 1. The zero-order valence-corrected chi connectivity index (χ0v) is 18.2. The molecule has 0 fully saturated rings. The number of carbonyl (C=O) groups excluding carboxylic acids is 2. The number of benzene rings is 1. The lowest BCUT2D eigenvalue weighted by Crippen LogP contribution is -2.42. The van der Waals surface area contributed by atoms with Gasteiger partial charge in [0.25, 0.3) is 0 Å². The SMILES string of the molecule is C=C(C)c1ccccc1C(C)(C)NC(=O)OCCOC(=O)C(C)(CC)CCC. The van der Waals surface area contributed by atoms with E-state index in [4.69, 9.17) is 9.47 Å². The summed E-state index contributed by atoms with van der Waals surface area (Å²) >= 11 is 0. The van der Waals surface area contributed by atoms with E-state index in [1.165, 1.54) is 0 Å². The van der Waals surface area contributed by atoms with Gasteiger partial charge in [-0.15, -0.1) is 0 Å². The third-order valence-electron chi connectivity index (χ3n) is 5.10. The van der Waals surface area contributed by atoms with Crippen molar-refractivity contribution in [1.82, 2.24) is 5.32 Å². The Kier molecular flexibility index (Phi) is 8.73. The maximum atomic E-state index is 12.3. The molecule has 0 radical (unpaired) electrons. The van der Waals surface area contributed by atoms with Crippen LogP contribution in [0.3, 0.4) is 0 Å². The third kappa shape index (κ3) is 6.39. The standard InChI is InChI=1S/C23H35NO4/c1-8-14-23(7,9-2)20(25)27-15-16-28-21(26)24-22(5,6)19-13-11-10-12-18(19)17(3)4/h10-13H,3,8-9,14-16H2,1-2,4-7H3,(H,24,26). The van der Waals surface area contributed by atoms with Crippen LogP contribution in [0.15, 0.2) is 30.8 Å². The summed E-state index contributed by atoms with van der Waals surface area (Å²) in [5, 5.41) is 2.87. The fraction of sp³-hybridized carbons (Fsp3) is 0.565. The molecule has 5 heteroatoms. The topological polar surface area (TPSA) is 64.6 Å². The number of esters is 1. The summed E-state index contributed by atoms with van der Waals surface area (Å²) in [6, 6.07) is 7.81. The molecule has 1 amide bonds. The molecule has 156 valence electrons. The lowest BCUT2D eigenvalue weighted by atomic mass is 9.83. The first-order chi connectivity index (χ1) is 13.1. The van der Waals surface area contributed by atoms with E-state index in [1.54, 1.807) is 0 Å². The van der Waals surface area contributed by atoms with Gasteiger partial charge in [-0.3, -0.25) is 4.79 Å². The van der Waals surface area contributed by atoms with E-state index < -0.39 is 17.0 Å². The van der Waals surface area contributed by atoms with E-state index in [1.807, 2.05) is 65.8 Å². The summed E-state index contributed by atoms with van der Waals surface area (Å²) in [5.74, 6) is -0.239. The number of hydrogen-bond donors (Lipinski definition) is 1. The second-order valence-electron chi connectivity index (χ2n) is 8.01. The average molecular weight is 390 g/mol.